The molecule has 33 heavy (non-hydrogen) atoms. The molecule has 0 radical (unpaired) electrons. The largest absolute Gasteiger partial charge is 0.507 e. The van der Waals surface area contributed by atoms with Gasteiger partial charge in [0.1, 0.15) is 40.8 Å². The summed E-state index contributed by atoms with van der Waals surface area (Å²) in [5, 5.41) is 59.6. The minimum absolute atomic E-state index is 0.0624. The van der Waals surface area contributed by atoms with Crippen molar-refractivity contribution in [2.24, 2.45) is 0 Å². The highest BCUT2D eigenvalue weighted by Crippen LogP contribution is 2.38. The minimum atomic E-state index is -1.59. The van der Waals surface area contributed by atoms with E-state index >= 15 is 0 Å². The second kappa shape index (κ2) is 8.45. The number of methoxy groups -OCH3 is 1. The van der Waals surface area contributed by atoms with E-state index in [1.807, 2.05) is 0 Å². The highest BCUT2D eigenvalue weighted by atomic mass is 16.7. The van der Waals surface area contributed by atoms with Gasteiger partial charge in [-0.15, -0.1) is 0 Å². The fourth-order valence-electron chi connectivity index (χ4n) is 3.61. The van der Waals surface area contributed by atoms with Crippen LogP contribution in [0.15, 0.2) is 39.5 Å². The van der Waals surface area contributed by atoms with Gasteiger partial charge in [0, 0.05) is 17.7 Å². The van der Waals surface area contributed by atoms with Crippen LogP contribution >= 0.6 is 0 Å². The monoisotopic (exact) mass is 462 g/mol. The molecule has 0 spiro atoms. The summed E-state index contributed by atoms with van der Waals surface area (Å²) in [5.74, 6) is -1.71. The molecular weight excluding hydrogens is 440 g/mol. The number of benzene rings is 2. The summed E-state index contributed by atoms with van der Waals surface area (Å²) < 4.78 is 21.9. The topological polar surface area (TPSA) is 179 Å². The van der Waals surface area contributed by atoms with Crippen molar-refractivity contribution in [3.8, 4) is 40.1 Å². The molecule has 176 valence electrons. The van der Waals surface area contributed by atoms with Crippen molar-refractivity contribution in [3.63, 3.8) is 0 Å². The zero-order valence-corrected chi connectivity index (χ0v) is 17.5. The molecule has 11 nitrogen and oxygen atoms in total. The molecule has 2 heterocycles. The predicted molar refractivity (Wildman–Crippen MR) is 112 cm³/mol. The van der Waals surface area contributed by atoms with Crippen LogP contribution in [0, 0.1) is 0 Å². The highest BCUT2D eigenvalue weighted by Gasteiger charge is 2.43. The SMILES string of the molecule is COc1c(-c2ccc(O)c(O)c2)oc2cc(OC3OC(C)C(O)C(O)C3O)cc(O)c2c1=O. The van der Waals surface area contributed by atoms with Crippen LogP contribution < -0.4 is 14.9 Å². The molecule has 1 aliphatic heterocycles. The lowest BCUT2D eigenvalue weighted by atomic mass is 10.00. The molecule has 1 aliphatic rings. The molecule has 5 atom stereocenters. The zero-order chi connectivity index (χ0) is 24.0. The van der Waals surface area contributed by atoms with Gasteiger partial charge in [-0.2, -0.15) is 0 Å². The lowest BCUT2D eigenvalue weighted by Crippen LogP contribution is -2.58. The van der Waals surface area contributed by atoms with Crippen LogP contribution in [0.2, 0.25) is 0 Å². The van der Waals surface area contributed by atoms with Gasteiger partial charge in [0.25, 0.3) is 0 Å². The Balaban J connectivity index is 1.80. The lowest BCUT2D eigenvalue weighted by molar-refractivity contribution is -0.268. The number of aliphatic hydroxyl groups excluding tert-OH is 3. The number of rotatable bonds is 4. The second-order valence-electron chi connectivity index (χ2n) is 7.61. The fourth-order valence-corrected chi connectivity index (χ4v) is 3.61. The summed E-state index contributed by atoms with van der Waals surface area (Å²) >= 11 is 0. The number of aromatic hydroxyl groups is 3. The van der Waals surface area contributed by atoms with E-state index in [2.05, 4.69) is 0 Å². The molecule has 11 heteroatoms. The van der Waals surface area contributed by atoms with Gasteiger partial charge in [-0.25, -0.2) is 0 Å². The Hall–Kier alpha value is -3.51. The third kappa shape index (κ3) is 3.91. The van der Waals surface area contributed by atoms with E-state index in [0.717, 1.165) is 6.07 Å². The van der Waals surface area contributed by atoms with E-state index in [4.69, 9.17) is 18.6 Å². The zero-order valence-electron chi connectivity index (χ0n) is 17.5. The fraction of sp³-hybridized carbons (Fsp3) is 0.318. The second-order valence-corrected chi connectivity index (χ2v) is 7.61. The average Bonchev–Trinajstić information content (AvgIpc) is 2.77. The van der Waals surface area contributed by atoms with Crippen LogP contribution in [0.3, 0.4) is 0 Å². The molecule has 1 aromatic heterocycles. The Morgan fingerprint density at radius 3 is 2.30 bits per heavy atom. The maximum Gasteiger partial charge on any atom is 0.239 e. The number of ether oxygens (including phenoxy) is 3. The van der Waals surface area contributed by atoms with Gasteiger partial charge in [-0.3, -0.25) is 4.79 Å². The van der Waals surface area contributed by atoms with Crippen molar-refractivity contribution >= 4 is 11.0 Å². The number of aliphatic hydroxyl groups is 3. The van der Waals surface area contributed by atoms with Gasteiger partial charge in [0.15, 0.2) is 17.3 Å². The van der Waals surface area contributed by atoms with Crippen LogP contribution in [0.5, 0.6) is 28.7 Å². The van der Waals surface area contributed by atoms with Crippen molar-refractivity contribution in [2.45, 2.75) is 37.6 Å². The average molecular weight is 462 g/mol. The molecule has 1 saturated heterocycles. The molecule has 3 aromatic rings. The quantitative estimate of drug-likeness (QED) is 0.302. The van der Waals surface area contributed by atoms with Crippen molar-refractivity contribution in [2.75, 3.05) is 7.11 Å². The van der Waals surface area contributed by atoms with E-state index in [-0.39, 0.29) is 39.5 Å². The van der Waals surface area contributed by atoms with E-state index in [1.54, 1.807) is 0 Å². The summed E-state index contributed by atoms with van der Waals surface area (Å²) in [5.41, 5.74) is -0.604. The molecule has 5 unspecified atom stereocenters. The normalized spacial score (nSPS) is 25.2. The Kier molecular flexibility index (Phi) is 5.80. The first-order valence-corrected chi connectivity index (χ1v) is 9.88. The molecule has 1 fully saturated rings. The van der Waals surface area contributed by atoms with Gasteiger partial charge in [0.2, 0.25) is 17.5 Å². The molecule has 4 rings (SSSR count). The molecule has 0 saturated carbocycles. The van der Waals surface area contributed by atoms with Gasteiger partial charge >= 0.3 is 0 Å². The third-order valence-electron chi connectivity index (χ3n) is 5.41. The predicted octanol–water partition coefficient (Wildman–Crippen LogP) is 0.792. The highest BCUT2D eigenvalue weighted by molar-refractivity contribution is 5.88. The Morgan fingerprint density at radius 2 is 1.64 bits per heavy atom. The minimum Gasteiger partial charge on any atom is -0.507 e. The van der Waals surface area contributed by atoms with Gasteiger partial charge < -0.3 is 49.3 Å². The number of hydrogen-bond acceptors (Lipinski definition) is 11. The van der Waals surface area contributed by atoms with Crippen LogP contribution in [-0.4, -0.2) is 68.5 Å². The summed E-state index contributed by atoms with van der Waals surface area (Å²) in [4.78, 5) is 13.0. The number of phenolic OH excluding ortho intramolecular Hbond substituents is 3. The first-order valence-electron chi connectivity index (χ1n) is 9.88. The van der Waals surface area contributed by atoms with Gasteiger partial charge in [-0.05, 0) is 25.1 Å². The number of fused-ring (bicyclic) bond motifs is 1. The standard InChI is InChI=1S/C22H22O11/c1-8-16(26)18(28)19(29)22(31-8)32-10-6-13(25)15-14(7-10)33-20(21(30-2)17(15)27)9-3-4-11(23)12(24)5-9/h3-8,16,18-19,22-26,28-29H,1-2H3. The summed E-state index contributed by atoms with van der Waals surface area (Å²) in [6, 6.07) is 6.12. The van der Waals surface area contributed by atoms with E-state index in [0.29, 0.717) is 0 Å². The Bertz CT molecular complexity index is 1250. The first kappa shape index (κ1) is 22.7. The molecule has 0 bridgehead atoms. The van der Waals surface area contributed by atoms with E-state index in [1.165, 1.54) is 38.3 Å². The van der Waals surface area contributed by atoms with Crippen molar-refractivity contribution in [1.82, 2.24) is 0 Å². The van der Waals surface area contributed by atoms with Crippen LogP contribution in [0.1, 0.15) is 6.92 Å². The smallest absolute Gasteiger partial charge is 0.239 e. The lowest BCUT2D eigenvalue weighted by Gasteiger charge is -2.38. The van der Waals surface area contributed by atoms with Crippen molar-refractivity contribution in [3.05, 3.63) is 40.6 Å². The molecule has 2 aromatic carbocycles. The molecular formula is C22H22O11. The third-order valence-corrected chi connectivity index (χ3v) is 5.41. The molecule has 0 aliphatic carbocycles. The van der Waals surface area contributed by atoms with E-state index in [9.17, 15) is 35.4 Å². The molecule has 0 amide bonds. The van der Waals surface area contributed by atoms with Crippen molar-refractivity contribution in [1.29, 1.82) is 0 Å². The van der Waals surface area contributed by atoms with E-state index < -0.39 is 47.6 Å². The summed E-state index contributed by atoms with van der Waals surface area (Å²) in [6.07, 6.45) is -6.66. The first-order chi connectivity index (χ1) is 15.6. The van der Waals surface area contributed by atoms with Crippen LogP contribution in [0.25, 0.3) is 22.3 Å². The maximum absolute atomic E-state index is 13.0. The number of hydrogen-bond donors (Lipinski definition) is 6. The Morgan fingerprint density at radius 1 is 0.909 bits per heavy atom. The number of phenols is 3. The van der Waals surface area contributed by atoms with Crippen LogP contribution in [0.4, 0.5) is 0 Å². The summed E-state index contributed by atoms with van der Waals surface area (Å²) in [6.45, 7) is 1.48. The van der Waals surface area contributed by atoms with Gasteiger partial charge in [0.05, 0.1) is 13.2 Å². The van der Waals surface area contributed by atoms with Crippen LogP contribution in [-0.2, 0) is 4.74 Å². The summed E-state index contributed by atoms with van der Waals surface area (Å²) in [7, 11) is 1.24. The molecule has 6 N–H and O–H groups in total. The maximum atomic E-state index is 13.0. The van der Waals surface area contributed by atoms with Crippen molar-refractivity contribution < 1.29 is 49.3 Å². The van der Waals surface area contributed by atoms with Gasteiger partial charge in [-0.1, -0.05) is 0 Å². The Labute approximate surface area is 186 Å².